The minimum Gasteiger partial charge on any atom is -0.322 e. The molecule has 1 aliphatic heterocycles. The fraction of sp³-hybridized carbons (Fsp3) is 0.0714. The quantitative estimate of drug-likeness (QED) is 0.282. The molecule has 5 rings (SSSR count). The van der Waals surface area contributed by atoms with Crippen molar-refractivity contribution in [2.24, 2.45) is 5.10 Å². The van der Waals surface area contributed by atoms with Crippen molar-refractivity contribution < 1.29 is 14.4 Å². The van der Waals surface area contributed by atoms with Crippen LogP contribution in [0.3, 0.4) is 0 Å². The van der Waals surface area contributed by atoms with Crippen molar-refractivity contribution in [3.05, 3.63) is 107 Å². The molecule has 0 aliphatic carbocycles. The number of hydrogen-bond acceptors (Lipinski definition) is 4. The monoisotopic (exact) mass is 496 g/mol. The van der Waals surface area contributed by atoms with Gasteiger partial charge in [-0.1, -0.05) is 54.1 Å². The number of rotatable bonds is 6. The molecule has 36 heavy (non-hydrogen) atoms. The van der Waals surface area contributed by atoms with Gasteiger partial charge in [-0.25, -0.2) is 5.43 Å². The second kappa shape index (κ2) is 9.64. The molecule has 0 atom stereocenters. The average molecular weight is 497 g/mol. The van der Waals surface area contributed by atoms with Crippen molar-refractivity contribution in [2.75, 3.05) is 16.8 Å². The Kier molecular flexibility index (Phi) is 6.23. The van der Waals surface area contributed by atoms with Crippen molar-refractivity contribution >= 4 is 57.2 Å². The normalized spacial score (nSPS) is 12.7. The molecule has 178 valence electrons. The zero-order chi connectivity index (χ0) is 25.2. The summed E-state index contributed by atoms with van der Waals surface area (Å²) in [5, 5.41) is 9.32. The Labute approximate surface area is 212 Å². The van der Waals surface area contributed by atoms with Gasteiger partial charge in [-0.2, -0.15) is 5.10 Å². The van der Waals surface area contributed by atoms with E-state index < -0.39 is 5.91 Å². The SMILES string of the molecule is C/C(=N/NC(=O)CN1C(=O)c2cccc3cccc1c23)c1cccc(NC(=O)c2cccc(Cl)c2)c1. The second-order valence-corrected chi connectivity index (χ2v) is 8.79. The molecule has 0 bridgehead atoms. The lowest BCUT2D eigenvalue weighted by Gasteiger charge is -2.16. The van der Waals surface area contributed by atoms with E-state index in [0.717, 1.165) is 10.8 Å². The van der Waals surface area contributed by atoms with Gasteiger partial charge in [0, 0.05) is 27.2 Å². The van der Waals surface area contributed by atoms with Crippen molar-refractivity contribution in [1.82, 2.24) is 5.43 Å². The van der Waals surface area contributed by atoms with Crippen molar-refractivity contribution in [3.63, 3.8) is 0 Å². The lowest BCUT2D eigenvalue weighted by Crippen LogP contribution is -2.37. The molecule has 1 aliphatic rings. The maximum Gasteiger partial charge on any atom is 0.260 e. The summed E-state index contributed by atoms with van der Waals surface area (Å²) in [6.45, 7) is 1.59. The lowest BCUT2D eigenvalue weighted by molar-refractivity contribution is -0.119. The van der Waals surface area contributed by atoms with Crippen LogP contribution in [-0.4, -0.2) is 30.0 Å². The van der Waals surface area contributed by atoms with Crippen molar-refractivity contribution in [1.29, 1.82) is 0 Å². The van der Waals surface area contributed by atoms with Crippen LogP contribution in [0.15, 0.2) is 90.0 Å². The Morgan fingerprint density at radius 3 is 2.44 bits per heavy atom. The zero-order valence-electron chi connectivity index (χ0n) is 19.3. The predicted octanol–water partition coefficient (Wildman–Crippen LogP) is 5.25. The van der Waals surface area contributed by atoms with Crippen LogP contribution in [0.4, 0.5) is 11.4 Å². The largest absolute Gasteiger partial charge is 0.322 e. The number of carbonyl (C=O) groups excluding carboxylic acids is 3. The molecule has 7 nitrogen and oxygen atoms in total. The van der Waals surface area contributed by atoms with E-state index in [-0.39, 0.29) is 18.4 Å². The zero-order valence-corrected chi connectivity index (χ0v) is 20.0. The van der Waals surface area contributed by atoms with E-state index in [4.69, 9.17) is 11.6 Å². The maximum absolute atomic E-state index is 12.9. The van der Waals surface area contributed by atoms with Gasteiger partial charge in [0.05, 0.1) is 11.4 Å². The first-order valence-corrected chi connectivity index (χ1v) is 11.6. The third kappa shape index (κ3) is 4.56. The van der Waals surface area contributed by atoms with Gasteiger partial charge < -0.3 is 5.32 Å². The van der Waals surface area contributed by atoms with Gasteiger partial charge >= 0.3 is 0 Å². The highest BCUT2D eigenvalue weighted by Gasteiger charge is 2.30. The van der Waals surface area contributed by atoms with E-state index in [1.807, 2.05) is 36.4 Å². The average Bonchev–Trinajstić information content (AvgIpc) is 3.15. The van der Waals surface area contributed by atoms with Crippen LogP contribution in [-0.2, 0) is 4.79 Å². The molecule has 0 unspecified atom stereocenters. The fourth-order valence-electron chi connectivity index (χ4n) is 4.18. The van der Waals surface area contributed by atoms with Gasteiger partial charge in [-0.15, -0.1) is 0 Å². The second-order valence-electron chi connectivity index (χ2n) is 8.35. The van der Waals surface area contributed by atoms with E-state index in [9.17, 15) is 14.4 Å². The summed E-state index contributed by atoms with van der Waals surface area (Å²) in [6.07, 6.45) is 0. The Morgan fingerprint density at radius 1 is 0.917 bits per heavy atom. The van der Waals surface area contributed by atoms with E-state index in [1.54, 1.807) is 55.5 Å². The Morgan fingerprint density at radius 2 is 1.64 bits per heavy atom. The number of nitrogens with one attached hydrogen (secondary N) is 2. The predicted molar refractivity (Wildman–Crippen MR) is 142 cm³/mol. The Bertz CT molecular complexity index is 1560. The Balaban J connectivity index is 1.26. The van der Waals surface area contributed by atoms with Crippen molar-refractivity contribution in [3.8, 4) is 0 Å². The first-order valence-electron chi connectivity index (χ1n) is 11.2. The van der Waals surface area contributed by atoms with Gasteiger partial charge in [0.25, 0.3) is 17.7 Å². The molecule has 4 aromatic rings. The summed E-state index contributed by atoms with van der Waals surface area (Å²) in [5.74, 6) is -0.914. The summed E-state index contributed by atoms with van der Waals surface area (Å²) in [6, 6.07) is 25.0. The number of amides is 3. The van der Waals surface area contributed by atoms with E-state index in [0.29, 0.717) is 38.8 Å². The van der Waals surface area contributed by atoms with Gasteiger partial charge in [0.1, 0.15) is 6.54 Å². The highest BCUT2D eigenvalue weighted by atomic mass is 35.5. The summed E-state index contributed by atoms with van der Waals surface area (Å²) in [4.78, 5) is 39.5. The molecule has 1 heterocycles. The number of nitrogens with zero attached hydrogens (tertiary/aromatic N) is 2. The Hall–Kier alpha value is -4.49. The van der Waals surface area contributed by atoms with E-state index in [1.165, 1.54) is 4.90 Å². The third-order valence-electron chi connectivity index (χ3n) is 5.92. The summed E-state index contributed by atoms with van der Waals surface area (Å²) < 4.78 is 0. The number of anilines is 2. The number of hydrogen-bond donors (Lipinski definition) is 2. The standard InChI is InChI=1S/C28H21ClN4O3/c1-17(19-8-3-11-22(15-19)30-27(35)20-9-2-10-21(29)14-20)31-32-25(34)16-33-24-13-5-7-18-6-4-12-23(26(18)24)28(33)36/h2-15H,16H2,1H3,(H,30,35)(H,32,34)/b31-17-. The van der Waals surface area contributed by atoms with Crippen LogP contribution < -0.4 is 15.6 Å². The van der Waals surface area contributed by atoms with Crippen molar-refractivity contribution in [2.45, 2.75) is 6.92 Å². The van der Waals surface area contributed by atoms with Crippen LogP contribution in [0.1, 0.15) is 33.2 Å². The molecule has 2 N–H and O–H groups in total. The molecule has 0 aromatic heterocycles. The molecular weight excluding hydrogens is 476 g/mol. The van der Waals surface area contributed by atoms with E-state index in [2.05, 4.69) is 15.8 Å². The van der Waals surface area contributed by atoms with Crippen LogP contribution in [0.2, 0.25) is 5.02 Å². The van der Waals surface area contributed by atoms with Gasteiger partial charge in [0.2, 0.25) is 0 Å². The fourth-order valence-corrected chi connectivity index (χ4v) is 4.37. The van der Waals surface area contributed by atoms with E-state index >= 15 is 0 Å². The summed E-state index contributed by atoms with van der Waals surface area (Å²) in [5.41, 5.74) is 6.12. The van der Waals surface area contributed by atoms with Gasteiger partial charge in [-0.05, 0) is 60.3 Å². The summed E-state index contributed by atoms with van der Waals surface area (Å²) >= 11 is 5.97. The minimum atomic E-state index is -0.419. The number of halogens is 1. The minimum absolute atomic E-state index is 0.154. The topological polar surface area (TPSA) is 90.9 Å². The maximum atomic E-state index is 12.9. The third-order valence-corrected chi connectivity index (χ3v) is 6.16. The molecule has 0 radical (unpaired) electrons. The molecule has 3 amide bonds. The molecular formula is C28H21ClN4O3. The highest BCUT2D eigenvalue weighted by molar-refractivity contribution is 6.31. The van der Waals surface area contributed by atoms with Gasteiger partial charge in [-0.3, -0.25) is 19.3 Å². The first-order chi connectivity index (χ1) is 17.4. The summed E-state index contributed by atoms with van der Waals surface area (Å²) in [7, 11) is 0. The molecule has 4 aromatic carbocycles. The molecule has 0 fully saturated rings. The molecule has 8 heteroatoms. The highest BCUT2D eigenvalue weighted by Crippen LogP contribution is 2.36. The number of carbonyl (C=O) groups is 3. The molecule has 0 saturated heterocycles. The first kappa shape index (κ1) is 23.3. The molecule has 0 spiro atoms. The van der Waals surface area contributed by atoms with Gasteiger partial charge in [0.15, 0.2) is 0 Å². The van der Waals surface area contributed by atoms with Crippen LogP contribution >= 0.6 is 11.6 Å². The smallest absolute Gasteiger partial charge is 0.260 e. The number of hydrazone groups is 1. The van der Waals surface area contributed by atoms with Crippen LogP contribution in [0.25, 0.3) is 10.8 Å². The van der Waals surface area contributed by atoms with Crippen LogP contribution in [0.5, 0.6) is 0 Å². The van der Waals surface area contributed by atoms with Crippen LogP contribution in [0, 0.1) is 0 Å². The molecule has 0 saturated carbocycles. The lowest BCUT2D eigenvalue weighted by atomic mass is 10.1. The number of benzene rings is 4.